The SMILES string of the molecule is COc1cc(CNc2ccsc2)cc2c1OCO2. The number of hydrogen-bond acceptors (Lipinski definition) is 5. The minimum Gasteiger partial charge on any atom is -0.493 e. The molecule has 2 heterocycles. The molecule has 18 heavy (non-hydrogen) atoms. The van der Waals surface area contributed by atoms with Crippen molar-refractivity contribution in [3.63, 3.8) is 0 Å². The maximum atomic E-state index is 5.39. The van der Waals surface area contributed by atoms with Gasteiger partial charge in [0, 0.05) is 17.6 Å². The Kier molecular flexibility index (Phi) is 2.98. The molecule has 0 bridgehead atoms. The Hall–Kier alpha value is -1.88. The first-order valence-electron chi connectivity index (χ1n) is 5.59. The molecule has 1 aromatic heterocycles. The van der Waals surface area contributed by atoms with Crippen LogP contribution in [0.5, 0.6) is 17.2 Å². The molecule has 1 aliphatic heterocycles. The molecule has 0 amide bonds. The quantitative estimate of drug-likeness (QED) is 0.920. The predicted octanol–water partition coefficient (Wildman–Crippen LogP) is 3.10. The fraction of sp³-hybridized carbons (Fsp3) is 0.231. The van der Waals surface area contributed by atoms with Crippen molar-refractivity contribution >= 4 is 17.0 Å². The molecule has 0 spiro atoms. The normalized spacial score (nSPS) is 12.5. The highest BCUT2D eigenvalue weighted by Gasteiger charge is 2.19. The van der Waals surface area contributed by atoms with Crippen molar-refractivity contribution in [3.8, 4) is 17.2 Å². The lowest BCUT2D eigenvalue weighted by atomic mass is 10.2. The van der Waals surface area contributed by atoms with E-state index in [1.807, 2.05) is 17.5 Å². The molecular formula is C13H13NO3S. The summed E-state index contributed by atoms with van der Waals surface area (Å²) in [4.78, 5) is 0. The van der Waals surface area contributed by atoms with Crippen LogP contribution in [0.3, 0.4) is 0 Å². The number of hydrogen-bond donors (Lipinski definition) is 1. The van der Waals surface area contributed by atoms with E-state index in [-0.39, 0.29) is 6.79 Å². The number of thiophene rings is 1. The molecule has 3 rings (SSSR count). The average molecular weight is 263 g/mol. The maximum absolute atomic E-state index is 5.39. The molecule has 0 saturated heterocycles. The van der Waals surface area contributed by atoms with E-state index in [0.29, 0.717) is 11.5 Å². The number of fused-ring (bicyclic) bond motifs is 1. The Balaban J connectivity index is 1.80. The minimum absolute atomic E-state index is 0.257. The van der Waals surface area contributed by atoms with Crippen LogP contribution in [0.15, 0.2) is 29.0 Å². The lowest BCUT2D eigenvalue weighted by Crippen LogP contribution is -1.99. The highest BCUT2D eigenvalue weighted by Crippen LogP contribution is 2.41. The van der Waals surface area contributed by atoms with Crippen molar-refractivity contribution in [3.05, 3.63) is 34.5 Å². The average Bonchev–Trinajstić information content (AvgIpc) is 3.06. The molecule has 0 fully saturated rings. The minimum atomic E-state index is 0.257. The third kappa shape index (κ3) is 2.09. The largest absolute Gasteiger partial charge is 0.493 e. The van der Waals surface area contributed by atoms with Gasteiger partial charge < -0.3 is 19.5 Å². The Morgan fingerprint density at radius 3 is 3.11 bits per heavy atom. The number of methoxy groups -OCH3 is 1. The van der Waals surface area contributed by atoms with Crippen LogP contribution in [-0.4, -0.2) is 13.9 Å². The van der Waals surface area contributed by atoms with E-state index in [2.05, 4.69) is 16.8 Å². The Bertz CT molecular complexity index is 539. The first-order valence-corrected chi connectivity index (χ1v) is 6.53. The second-order valence-corrected chi connectivity index (χ2v) is 4.68. The highest BCUT2D eigenvalue weighted by atomic mass is 32.1. The Morgan fingerprint density at radius 1 is 1.39 bits per heavy atom. The molecule has 1 aliphatic rings. The summed E-state index contributed by atoms with van der Waals surface area (Å²) in [6.45, 7) is 0.983. The zero-order valence-electron chi connectivity index (χ0n) is 9.93. The summed E-state index contributed by atoms with van der Waals surface area (Å²) in [5.41, 5.74) is 2.22. The van der Waals surface area contributed by atoms with Gasteiger partial charge >= 0.3 is 0 Å². The second-order valence-electron chi connectivity index (χ2n) is 3.90. The summed E-state index contributed by atoms with van der Waals surface area (Å²) in [6.07, 6.45) is 0. The monoisotopic (exact) mass is 263 g/mol. The second kappa shape index (κ2) is 4.78. The summed E-state index contributed by atoms with van der Waals surface area (Å²) < 4.78 is 16.1. The predicted molar refractivity (Wildman–Crippen MR) is 70.8 cm³/mol. The van der Waals surface area contributed by atoms with Crippen LogP contribution in [-0.2, 0) is 6.54 Å². The molecule has 2 aromatic rings. The lowest BCUT2D eigenvalue weighted by Gasteiger charge is -2.09. The van der Waals surface area contributed by atoms with Gasteiger partial charge in [-0.05, 0) is 29.1 Å². The van der Waals surface area contributed by atoms with Crippen LogP contribution < -0.4 is 19.5 Å². The van der Waals surface area contributed by atoms with Gasteiger partial charge in [-0.25, -0.2) is 0 Å². The maximum Gasteiger partial charge on any atom is 0.231 e. The van der Waals surface area contributed by atoms with Gasteiger partial charge in [-0.3, -0.25) is 0 Å². The first kappa shape index (κ1) is 11.2. The van der Waals surface area contributed by atoms with Crippen molar-refractivity contribution in [2.24, 2.45) is 0 Å². The molecule has 1 aromatic carbocycles. The van der Waals surface area contributed by atoms with Gasteiger partial charge in [0.1, 0.15) is 0 Å². The lowest BCUT2D eigenvalue weighted by molar-refractivity contribution is 0.171. The van der Waals surface area contributed by atoms with E-state index in [9.17, 15) is 0 Å². The molecule has 0 aliphatic carbocycles. The summed E-state index contributed by atoms with van der Waals surface area (Å²) in [5.74, 6) is 2.15. The Labute approximate surface area is 109 Å². The molecule has 0 unspecified atom stereocenters. The zero-order chi connectivity index (χ0) is 12.4. The Morgan fingerprint density at radius 2 is 2.33 bits per heavy atom. The zero-order valence-corrected chi connectivity index (χ0v) is 10.8. The van der Waals surface area contributed by atoms with Gasteiger partial charge in [0.25, 0.3) is 0 Å². The van der Waals surface area contributed by atoms with E-state index in [4.69, 9.17) is 14.2 Å². The third-order valence-electron chi connectivity index (χ3n) is 2.74. The summed E-state index contributed by atoms with van der Waals surface area (Å²) in [6, 6.07) is 5.99. The van der Waals surface area contributed by atoms with E-state index in [0.717, 1.165) is 23.5 Å². The van der Waals surface area contributed by atoms with E-state index >= 15 is 0 Å². The summed E-state index contributed by atoms with van der Waals surface area (Å²) >= 11 is 1.67. The van der Waals surface area contributed by atoms with Crippen LogP contribution >= 0.6 is 11.3 Å². The molecule has 94 valence electrons. The van der Waals surface area contributed by atoms with E-state index in [1.54, 1.807) is 18.4 Å². The standard InChI is InChI=1S/C13H13NO3S/c1-15-11-4-9(5-12-13(11)17-8-16-12)6-14-10-2-3-18-7-10/h2-5,7,14H,6,8H2,1H3. The number of anilines is 1. The van der Waals surface area contributed by atoms with Crippen molar-refractivity contribution in [1.82, 2.24) is 0 Å². The fourth-order valence-corrected chi connectivity index (χ4v) is 2.47. The number of benzene rings is 1. The fourth-order valence-electron chi connectivity index (χ4n) is 1.86. The number of nitrogens with one attached hydrogen (secondary N) is 1. The van der Waals surface area contributed by atoms with Crippen molar-refractivity contribution in [1.29, 1.82) is 0 Å². The van der Waals surface area contributed by atoms with Crippen LogP contribution in [0.4, 0.5) is 5.69 Å². The van der Waals surface area contributed by atoms with Gasteiger partial charge in [0.2, 0.25) is 12.5 Å². The van der Waals surface area contributed by atoms with E-state index < -0.39 is 0 Å². The van der Waals surface area contributed by atoms with Gasteiger partial charge in [0.15, 0.2) is 11.5 Å². The summed E-state index contributed by atoms with van der Waals surface area (Å²) in [5, 5.41) is 7.46. The smallest absolute Gasteiger partial charge is 0.231 e. The van der Waals surface area contributed by atoms with Crippen molar-refractivity contribution < 1.29 is 14.2 Å². The van der Waals surface area contributed by atoms with Crippen molar-refractivity contribution in [2.45, 2.75) is 6.54 Å². The van der Waals surface area contributed by atoms with Crippen LogP contribution in [0.2, 0.25) is 0 Å². The van der Waals surface area contributed by atoms with Gasteiger partial charge in [0.05, 0.1) is 7.11 Å². The van der Waals surface area contributed by atoms with Crippen LogP contribution in [0.1, 0.15) is 5.56 Å². The first-order chi connectivity index (χ1) is 8.86. The number of rotatable bonds is 4. The van der Waals surface area contributed by atoms with Crippen LogP contribution in [0.25, 0.3) is 0 Å². The van der Waals surface area contributed by atoms with Gasteiger partial charge in [-0.1, -0.05) is 0 Å². The van der Waals surface area contributed by atoms with Gasteiger partial charge in [-0.2, -0.15) is 11.3 Å². The highest BCUT2D eigenvalue weighted by molar-refractivity contribution is 7.08. The van der Waals surface area contributed by atoms with Gasteiger partial charge in [-0.15, -0.1) is 0 Å². The van der Waals surface area contributed by atoms with Crippen molar-refractivity contribution in [2.75, 3.05) is 19.2 Å². The molecule has 1 N–H and O–H groups in total. The molecule has 0 radical (unpaired) electrons. The summed E-state index contributed by atoms with van der Waals surface area (Å²) in [7, 11) is 1.63. The topological polar surface area (TPSA) is 39.7 Å². The third-order valence-corrected chi connectivity index (χ3v) is 3.42. The molecular weight excluding hydrogens is 250 g/mol. The van der Waals surface area contributed by atoms with Crippen LogP contribution in [0, 0.1) is 0 Å². The molecule has 0 saturated carbocycles. The van der Waals surface area contributed by atoms with E-state index in [1.165, 1.54) is 0 Å². The number of ether oxygens (including phenoxy) is 3. The molecule has 4 nitrogen and oxygen atoms in total. The molecule has 5 heteroatoms. The molecule has 0 atom stereocenters.